The number of carboxylic acid groups (broad SMARTS) is 1. The third kappa shape index (κ3) is 3.44. The topological polar surface area (TPSA) is 79.6 Å². The fraction of sp³-hybridized carbons (Fsp3) is 0.364. The van der Waals surface area contributed by atoms with Gasteiger partial charge >= 0.3 is 5.97 Å². The molecule has 1 aromatic heterocycles. The number of rotatable bonds is 4. The molecule has 1 aromatic rings. The van der Waals surface area contributed by atoms with E-state index in [1.54, 1.807) is 14.1 Å². The number of hydrogen-bond acceptors (Lipinski definition) is 3. The van der Waals surface area contributed by atoms with Crippen molar-refractivity contribution >= 4 is 11.9 Å². The largest absolute Gasteiger partial charge is 0.478 e. The molecule has 6 nitrogen and oxygen atoms in total. The fourth-order valence-electron chi connectivity index (χ4n) is 1.27. The van der Waals surface area contributed by atoms with E-state index in [-0.39, 0.29) is 30.0 Å². The van der Waals surface area contributed by atoms with Crippen molar-refractivity contribution in [1.82, 2.24) is 9.47 Å². The molecule has 0 saturated heterocycles. The molecular weight excluding hydrogens is 224 g/mol. The van der Waals surface area contributed by atoms with E-state index in [4.69, 9.17) is 5.11 Å². The molecule has 0 aliphatic rings. The Balaban J connectivity index is 2.84. The average molecular weight is 238 g/mol. The number of aromatic carboxylic acids is 1. The summed E-state index contributed by atoms with van der Waals surface area (Å²) in [5, 5.41) is 8.78. The van der Waals surface area contributed by atoms with Gasteiger partial charge in [0.25, 0.3) is 5.56 Å². The van der Waals surface area contributed by atoms with Crippen molar-refractivity contribution in [3.63, 3.8) is 0 Å². The van der Waals surface area contributed by atoms with Crippen molar-refractivity contribution in [2.75, 3.05) is 14.1 Å². The van der Waals surface area contributed by atoms with Crippen LogP contribution in [0.5, 0.6) is 0 Å². The van der Waals surface area contributed by atoms with E-state index < -0.39 is 5.97 Å². The van der Waals surface area contributed by atoms with Crippen LogP contribution in [0.25, 0.3) is 0 Å². The van der Waals surface area contributed by atoms with Crippen molar-refractivity contribution < 1.29 is 14.7 Å². The van der Waals surface area contributed by atoms with Gasteiger partial charge in [0.1, 0.15) is 0 Å². The Morgan fingerprint density at radius 1 is 1.35 bits per heavy atom. The number of aryl methyl sites for hydroxylation is 1. The Bertz CT molecular complexity index is 490. The van der Waals surface area contributed by atoms with Crippen LogP contribution in [0.15, 0.2) is 23.1 Å². The van der Waals surface area contributed by atoms with Crippen LogP contribution in [0.4, 0.5) is 0 Å². The maximum atomic E-state index is 11.4. The lowest BCUT2D eigenvalue weighted by molar-refractivity contribution is -0.128. The quantitative estimate of drug-likeness (QED) is 0.802. The van der Waals surface area contributed by atoms with Gasteiger partial charge in [-0.15, -0.1) is 0 Å². The van der Waals surface area contributed by atoms with Crippen molar-refractivity contribution in [3.8, 4) is 0 Å². The predicted octanol–water partition coefficient (Wildman–Crippen LogP) is 0.0248. The van der Waals surface area contributed by atoms with Gasteiger partial charge < -0.3 is 14.6 Å². The number of carbonyl (C=O) groups excluding carboxylic acids is 1. The lowest BCUT2D eigenvalue weighted by atomic mass is 10.3. The van der Waals surface area contributed by atoms with Crippen LogP contribution in [0, 0.1) is 0 Å². The minimum absolute atomic E-state index is 0.0295. The molecular formula is C11H14N2O4. The highest BCUT2D eigenvalue weighted by Crippen LogP contribution is 1.97. The zero-order valence-corrected chi connectivity index (χ0v) is 9.71. The van der Waals surface area contributed by atoms with Crippen LogP contribution >= 0.6 is 0 Å². The highest BCUT2D eigenvalue weighted by Gasteiger charge is 2.08. The van der Waals surface area contributed by atoms with Gasteiger partial charge in [0.15, 0.2) is 0 Å². The minimum atomic E-state index is -1.10. The lowest BCUT2D eigenvalue weighted by Gasteiger charge is -2.11. The number of nitrogens with zero attached hydrogens (tertiary/aromatic N) is 2. The molecule has 92 valence electrons. The molecule has 17 heavy (non-hydrogen) atoms. The number of carboxylic acids is 1. The normalized spacial score (nSPS) is 10.0. The number of carbonyl (C=O) groups is 2. The highest BCUT2D eigenvalue weighted by atomic mass is 16.4. The van der Waals surface area contributed by atoms with Gasteiger partial charge in [-0.1, -0.05) is 0 Å². The summed E-state index contributed by atoms with van der Waals surface area (Å²) in [5.41, 5.74) is -0.288. The number of aromatic nitrogens is 1. The molecule has 0 bridgehead atoms. The van der Waals surface area contributed by atoms with Crippen molar-refractivity contribution in [3.05, 3.63) is 34.2 Å². The summed E-state index contributed by atoms with van der Waals surface area (Å²) in [6.45, 7) is 0.178. The smallest absolute Gasteiger partial charge is 0.337 e. The summed E-state index contributed by atoms with van der Waals surface area (Å²) in [7, 11) is 3.25. The molecule has 0 atom stereocenters. The van der Waals surface area contributed by atoms with Crippen LogP contribution in [0.1, 0.15) is 16.8 Å². The highest BCUT2D eigenvalue weighted by molar-refractivity contribution is 5.87. The molecule has 0 aliphatic carbocycles. The minimum Gasteiger partial charge on any atom is -0.478 e. The summed E-state index contributed by atoms with van der Waals surface area (Å²) in [4.78, 5) is 34.9. The van der Waals surface area contributed by atoms with Gasteiger partial charge in [-0.25, -0.2) is 4.79 Å². The van der Waals surface area contributed by atoms with Crippen molar-refractivity contribution in [1.29, 1.82) is 0 Å². The summed E-state index contributed by atoms with van der Waals surface area (Å²) in [5.74, 6) is -1.21. The van der Waals surface area contributed by atoms with Gasteiger partial charge in [-0.2, -0.15) is 0 Å². The number of hydrogen-bond donors (Lipinski definition) is 1. The molecule has 0 saturated carbocycles. The number of amides is 1. The molecule has 0 spiro atoms. The van der Waals surface area contributed by atoms with Gasteiger partial charge in [0.2, 0.25) is 5.91 Å². The Kier molecular flexibility index (Phi) is 4.03. The van der Waals surface area contributed by atoms with Gasteiger partial charge in [0, 0.05) is 39.3 Å². The molecule has 1 N–H and O–H groups in total. The van der Waals surface area contributed by atoms with Crippen LogP contribution in [0.2, 0.25) is 0 Å². The molecule has 0 aliphatic heterocycles. The van der Waals surface area contributed by atoms with Gasteiger partial charge in [-0.3, -0.25) is 9.59 Å². The molecule has 0 fully saturated rings. The Labute approximate surface area is 98.1 Å². The number of pyridine rings is 1. The van der Waals surface area contributed by atoms with Crippen molar-refractivity contribution in [2.45, 2.75) is 13.0 Å². The summed E-state index contributed by atoms with van der Waals surface area (Å²) >= 11 is 0. The molecule has 0 unspecified atom stereocenters. The lowest BCUT2D eigenvalue weighted by Crippen LogP contribution is -2.26. The van der Waals surface area contributed by atoms with E-state index >= 15 is 0 Å². The average Bonchev–Trinajstić information content (AvgIpc) is 2.26. The first-order valence-corrected chi connectivity index (χ1v) is 5.05. The first-order chi connectivity index (χ1) is 7.91. The predicted molar refractivity (Wildman–Crippen MR) is 61.0 cm³/mol. The standard InChI is InChI=1S/C11H14N2O4/c1-12(2)9(14)5-6-13-7-8(11(16)17)3-4-10(13)15/h3-4,7H,5-6H2,1-2H3,(H,16,17). The van der Waals surface area contributed by atoms with E-state index in [0.29, 0.717) is 0 Å². The van der Waals surface area contributed by atoms with E-state index in [2.05, 4.69) is 0 Å². The Morgan fingerprint density at radius 2 is 2.00 bits per heavy atom. The molecule has 0 aromatic carbocycles. The van der Waals surface area contributed by atoms with E-state index in [1.165, 1.54) is 27.8 Å². The monoisotopic (exact) mass is 238 g/mol. The summed E-state index contributed by atoms with van der Waals surface area (Å²) in [6.07, 6.45) is 1.41. The maximum absolute atomic E-state index is 11.4. The molecule has 6 heteroatoms. The van der Waals surface area contributed by atoms with Crippen LogP contribution < -0.4 is 5.56 Å². The van der Waals surface area contributed by atoms with Crippen LogP contribution in [-0.4, -0.2) is 40.5 Å². The van der Waals surface area contributed by atoms with Crippen LogP contribution in [0.3, 0.4) is 0 Å². The third-order valence-corrected chi connectivity index (χ3v) is 2.30. The third-order valence-electron chi connectivity index (χ3n) is 2.30. The molecule has 1 heterocycles. The van der Waals surface area contributed by atoms with Crippen molar-refractivity contribution in [2.24, 2.45) is 0 Å². The summed E-state index contributed by atoms with van der Waals surface area (Å²) in [6, 6.07) is 2.43. The zero-order chi connectivity index (χ0) is 13.0. The first kappa shape index (κ1) is 13.0. The fourth-order valence-corrected chi connectivity index (χ4v) is 1.27. The SMILES string of the molecule is CN(C)C(=O)CCn1cc(C(=O)O)ccc1=O. The Hall–Kier alpha value is -2.11. The maximum Gasteiger partial charge on any atom is 0.337 e. The van der Waals surface area contributed by atoms with Gasteiger partial charge in [-0.05, 0) is 6.07 Å². The van der Waals surface area contributed by atoms with E-state index in [0.717, 1.165) is 0 Å². The molecule has 0 radical (unpaired) electrons. The molecule has 1 rings (SSSR count). The zero-order valence-electron chi connectivity index (χ0n) is 9.71. The second kappa shape index (κ2) is 5.29. The van der Waals surface area contributed by atoms with E-state index in [9.17, 15) is 14.4 Å². The second-order valence-corrected chi connectivity index (χ2v) is 3.79. The van der Waals surface area contributed by atoms with Crippen LogP contribution in [-0.2, 0) is 11.3 Å². The molecule has 1 amide bonds. The van der Waals surface area contributed by atoms with Gasteiger partial charge in [0.05, 0.1) is 5.56 Å². The Morgan fingerprint density at radius 3 is 2.53 bits per heavy atom. The first-order valence-electron chi connectivity index (χ1n) is 5.05. The summed E-state index contributed by atoms with van der Waals surface area (Å²) < 4.78 is 1.23. The second-order valence-electron chi connectivity index (χ2n) is 3.79. The van der Waals surface area contributed by atoms with E-state index in [1.807, 2.05) is 0 Å².